The van der Waals surface area contributed by atoms with Crippen LogP contribution >= 0.6 is 0 Å². The molecular weight excluding hydrogens is 254 g/mol. The molecule has 1 amide bonds. The van der Waals surface area contributed by atoms with E-state index in [0.717, 1.165) is 18.5 Å². The third-order valence-electron chi connectivity index (χ3n) is 2.82. The van der Waals surface area contributed by atoms with Crippen LogP contribution in [0.3, 0.4) is 0 Å². The molecule has 1 heterocycles. The number of nitrogens with one attached hydrogen (secondary N) is 2. The summed E-state index contributed by atoms with van der Waals surface area (Å²) in [6, 6.07) is 9.02. The molecule has 0 atom stereocenters. The number of ether oxygens (including phenoxy) is 1. The second-order valence-electron chi connectivity index (χ2n) is 4.41. The molecule has 106 valence electrons. The number of carbonyl (C=O) groups is 1. The number of benzene rings is 1. The topological polar surface area (TPSA) is 67.0 Å². The Morgan fingerprint density at radius 3 is 2.90 bits per heavy atom. The number of anilines is 1. The average molecular weight is 273 g/mol. The SMILES string of the molecule is CCCc1cc(NC(=O)c2ccccc2OCC)n[nH]1. The quantitative estimate of drug-likeness (QED) is 0.850. The number of H-pyrrole nitrogens is 1. The minimum absolute atomic E-state index is 0.219. The summed E-state index contributed by atoms with van der Waals surface area (Å²) >= 11 is 0. The van der Waals surface area contributed by atoms with Crippen molar-refractivity contribution in [1.29, 1.82) is 0 Å². The Balaban J connectivity index is 2.11. The summed E-state index contributed by atoms with van der Waals surface area (Å²) in [6.45, 7) is 4.50. The first-order valence-electron chi connectivity index (χ1n) is 6.82. The van der Waals surface area contributed by atoms with E-state index in [9.17, 15) is 4.79 Å². The van der Waals surface area contributed by atoms with Crippen molar-refractivity contribution in [2.75, 3.05) is 11.9 Å². The standard InChI is InChI=1S/C15H19N3O2/c1-3-7-11-10-14(18-17-11)16-15(19)12-8-5-6-9-13(12)20-4-2/h5-6,8-10H,3-4,7H2,1-2H3,(H2,16,17,18,19). The Morgan fingerprint density at radius 1 is 1.35 bits per heavy atom. The highest BCUT2D eigenvalue weighted by atomic mass is 16.5. The lowest BCUT2D eigenvalue weighted by Crippen LogP contribution is -2.13. The van der Waals surface area contributed by atoms with Gasteiger partial charge in [0.15, 0.2) is 5.82 Å². The van der Waals surface area contributed by atoms with E-state index >= 15 is 0 Å². The molecule has 2 rings (SSSR count). The fourth-order valence-electron chi connectivity index (χ4n) is 1.94. The summed E-state index contributed by atoms with van der Waals surface area (Å²) in [5.74, 6) is 0.894. The zero-order chi connectivity index (χ0) is 14.4. The molecule has 1 aromatic heterocycles. The van der Waals surface area contributed by atoms with Crippen LogP contribution in [0, 0.1) is 0 Å². The predicted octanol–water partition coefficient (Wildman–Crippen LogP) is 3.01. The molecule has 0 fully saturated rings. The number of aromatic nitrogens is 2. The number of hydrogen-bond acceptors (Lipinski definition) is 3. The Labute approximate surface area is 118 Å². The van der Waals surface area contributed by atoms with Crippen molar-refractivity contribution in [1.82, 2.24) is 10.2 Å². The molecule has 2 N–H and O–H groups in total. The third kappa shape index (κ3) is 3.38. The van der Waals surface area contributed by atoms with E-state index in [2.05, 4.69) is 22.4 Å². The van der Waals surface area contributed by atoms with Crippen LogP contribution in [0.2, 0.25) is 0 Å². The van der Waals surface area contributed by atoms with Crippen molar-refractivity contribution in [2.45, 2.75) is 26.7 Å². The molecule has 0 aliphatic carbocycles. The average Bonchev–Trinajstić information content (AvgIpc) is 2.87. The van der Waals surface area contributed by atoms with Crippen molar-refractivity contribution in [3.05, 3.63) is 41.6 Å². The van der Waals surface area contributed by atoms with Crippen molar-refractivity contribution in [3.8, 4) is 5.75 Å². The van der Waals surface area contributed by atoms with Gasteiger partial charge in [0.1, 0.15) is 5.75 Å². The van der Waals surface area contributed by atoms with Gasteiger partial charge in [-0.2, -0.15) is 5.10 Å². The number of carbonyl (C=O) groups excluding carboxylic acids is 1. The highest BCUT2D eigenvalue weighted by Gasteiger charge is 2.13. The van der Waals surface area contributed by atoms with Crippen LogP contribution in [0.4, 0.5) is 5.82 Å². The number of para-hydroxylation sites is 1. The lowest BCUT2D eigenvalue weighted by molar-refractivity contribution is 0.102. The van der Waals surface area contributed by atoms with Gasteiger partial charge in [0.2, 0.25) is 0 Å². The summed E-state index contributed by atoms with van der Waals surface area (Å²) < 4.78 is 5.45. The van der Waals surface area contributed by atoms with Crippen LogP contribution in [0.5, 0.6) is 5.75 Å². The first-order valence-corrected chi connectivity index (χ1v) is 6.82. The number of aryl methyl sites for hydroxylation is 1. The molecule has 0 bridgehead atoms. The molecule has 5 heteroatoms. The summed E-state index contributed by atoms with van der Waals surface area (Å²) in [7, 11) is 0. The van der Waals surface area contributed by atoms with Crippen molar-refractivity contribution >= 4 is 11.7 Å². The van der Waals surface area contributed by atoms with Gasteiger partial charge in [0, 0.05) is 11.8 Å². The van der Waals surface area contributed by atoms with Gasteiger partial charge in [-0.3, -0.25) is 9.89 Å². The Hall–Kier alpha value is -2.30. The molecule has 0 aliphatic rings. The fourth-order valence-corrected chi connectivity index (χ4v) is 1.94. The third-order valence-corrected chi connectivity index (χ3v) is 2.82. The number of rotatable bonds is 6. The Morgan fingerprint density at radius 2 is 2.15 bits per heavy atom. The van der Waals surface area contributed by atoms with Gasteiger partial charge < -0.3 is 10.1 Å². The maximum Gasteiger partial charge on any atom is 0.260 e. The molecule has 0 radical (unpaired) electrons. The van der Waals surface area contributed by atoms with Crippen molar-refractivity contribution in [2.24, 2.45) is 0 Å². The van der Waals surface area contributed by atoms with Crippen LogP contribution in [0.1, 0.15) is 36.3 Å². The maximum atomic E-state index is 12.2. The lowest BCUT2D eigenvalue weighted by Gasteiger charge is -2.08. The Bertz CT molecular complexity index is 578. The fraction of sp³-hybridized carbons (Fsp3) is 0.333. The smallest absolute Gasteiger partial charge is 0.260 e. The van der Waals surface area contributed by atoms with Crippen molar-refractivity contribution < 1.29 is 9.53 Å². The molecule has 5 nitrogen and oxygen atoms in total. The molecule has 2 aromatic rings. The number of amides is 1. The summed E-state index contributed by atoms with van der Waals surface area (Å²) in [5.41, 5.74) is 1.52. The summed E-state index contributed by atoms with van der Waals surface area (Å²) in [5, 5.41) is 9.76. The second-order valence-corrected chi connectivity index (χ2v) is 4.41. The monoisotopic (exact) mass is 273 g/mol. The number of nitrogens with zero attached hydrogens (tertiary/aromatic N) is 1. The van der Waals surface area contributed by atoms with E-state index in [1.54, 1.807) is 12.1 Å². The minimum atomic E-state index is -0.219. The predicted molar refractivity (Wildman–Crippen MR) is 78.1 cm³/mol. The lowest BCUT2D eigenvalue weighted by atomic mass is 10.2. The van der Waals surface area contributed by atoms with Crippen LogP contribution in [-0.2, 0) is 6.42 Å². The zero-order valence-corrected chi connectivity index (χ0v) is 11.8. The van der Waals surface area contributed by atoms with Gasteiger partial charge in [-0.15, -0.1) is 0 Å². The molecule has 0 saturated carbocycles. The molecule has 20 heavy (non-hydrogen) atoms. The minimum Gasteiger partial charge on any atom is -0.493 e. The van der Waals surface area contributed by atoms with Crippen LogP contribution < -0.4 is 10.1 Å². The molecule has 0 saturated heterocycles. The van der Waals surface area contributed by atoms with Gasteiger partial charge in [-0.05, 0) is 25.5 Å². The van der Waals surface area contributed by atoms with Crippen LogP contribution in [-0.4, -0.2) is 22.7 Å². The highest BCUT2D eigenvalue weighted by molar-refractivity contribution is 6.05. The van der Waals surface area contributed by atoms with Crippen molar-refractivity contribution in [3.63, 3.8) is 0 Å². The second kappa shape index (κ2) is 6.75. The summed E-state index contributed by atoms with van der Waals surface area (Å²) in [4.78, 5) is 12.2. The largest absolute Gasteiger partial charge is 0.493 e. The molecule has 0 aliphatic heterocycles. The molecular formula is C15H19N3O2. The van der Waals surface area contributed by atoms with Gasteiger partial charge in [-0.25, -0.2) is 0 Å². The van der Waals surface area contributed by atoms with E-state index in [1.165, 1.54) is 0 Å². The first kappa shape index (κ1) is 14.1. The van der Waals surface area contributed by atoms with Gasteiger partial charge in [0.25, 0.3) is 5.91 Å². The molecule has 0 unspecified atom stereocenters. The van der Waals surface area contributed by atoms with E-state index in [-0.39, 0.29) is 5.91 Å². The highest BCUT2D eigenvalue weighted by Crippen LogP contribution is 2.19. The van der Waals surface area contributed by atoms with E-state index < -0.39 is 0 Å². The van der Waals surface area contributed by atoms with Crippen LogP contribution in [0.15, 0.2) is 30.3 Å². The number of aromatic amines is 1. The van der Waals surface area contributed by atoms with Crippen LogP contribution in [0.25, 0.3) is 0 Å². The zero-order valence-electron chi connectivity index (χ0n) is 11.8. The van der Waals surface area contributed by atoms with Gasteiger partial charge >= 0.3 is 0 Å². The molecule has 0 spiro atoms. The summed E-state index contributed by atoms with van der Waals surface area (Å²) in [6.07, 6.45) is 1.95. The molecule has 1 aromatic carbocycles. The number of hydrogen-bond donors (Lipinski definition) is 2. The normalized spacial score (nSPS) is 10.3. The van der Waals surface area contributed by atoms with Gasteiger partial charge in [0.05, 0.1) is 12.2 Å². The maximum absolute atomic E-state index is 12.2. The van der Waals surface area contributed by atoms with E-state index in [0.29, 0.717) is 23.7 Å². The van der Waals surface area contributed by atoms with Gasteiger partial charge in [-0.1, -0.05) is 25.5 Å². The first-order chi connectivity index (χ1) is 9.74. The van der Waals surface area contributed by atoms with E-state index in [1.807, 2.05) is 25.1 Å². The van der Waals surface area contributed by atoms with E-state index in [4.69, 9.17) is 4.74 Å². The Kier molecular flexibility index (Phi) is 4.76.